The first-order chi connectivity index (χ1) is 6.42. The van der Waals surface area contributed by atoms with Crippen LogP contribution in [0.15, 0.2) is 0 Å². The molecule has 0 aliphatic heterocycles. The van der Waals surface area contributed by atoms with Crippen molar-refractivity contribution in [1.82, 2.24) is 5.32 Å². The highest BCUT2D eigenvalue weighted by atomic mass is 14.9. The summed E-state index contributed by atoms with van der Waals surface area (Å²) >= 11 is 0. The van der Waals surface area contributed by atoms with Crippen LogP contribution in [-0.4, -0.2) is 12.6 Å². The standard InChI is InChI=1S/C12H21N/c1-2-10-7-9(1)8-11(10)5-6-13-12-3-4-12/h9-13H,1-8H2/t9-,10-,11-/m0/s1. The highest BCUT2D eigenvalue weighted by molar-refractivity contribution is 4.90. The average Bonchev–Trinajstić information content (AvgIpc) is 2.74. The number of hydrogen-bond acceptors (Lipinski definition) is 1. The van der Waals surface area contributed by atoms with Crippen LogP contribution in [0.3, 0.4) is 0 Å². The molecule has 3 rings (SSSR count). The van der Waals surface area contributed by atoms with Crippen molar-refractivity contribution < 1.29 is 0 Å². The highest BCUT2D eigenvalue weighted by Crippen LogP contribution is 2.49. The zero-order valence-corrected chi connectivity index (χ0v) is 8.47. The Morgan fingerprint density at radius 3 is 2.54 bits per heavy atom. The lowest BCUT2D eigenvalue weighted by molar-refractivity contribution is 0.310. The van der Waals surface area contributed by atoms with Crippen LogP contribution in [0.2, 0.25) is 0 Å². The van der Waals surface area contributed by atoms with Gasteiger partial charge >= 0.3 is 0 Å². The van der Waals surface area contributed by atoms with Crippen LogP contribution in [0.5, 0.6) is 0 Å². The summed E-state index contributed by atoms with van der Waals surface area (Å²) in [6, 6.07) is 0.915. The quantitative estimate of drug-likeness (QED) is 0.699. The summed E-state index contributed by atoms with van der Waals surface area (Å²) in [6.45, 7) is 1.30. The van der Waals surface area contributed by atoms with Crippen LogP contribution in [0.4, 0.5) is 0 Å². The molecule has 0 unspecified atom stereocenters. The Morgan fingerprint density at radius 1 is 1.00 bits per heavy atom. The van der Waals surface area contributed by atoms with Gasteiger partial charge in [-0.1, -0.05) is 6.42 Å². The first-order valence-electron chi connectivity index (χ1n) is 6.15. The lowest BCUT2D eigenvalue weighted by atomic mass is 9.86. The smallest absolute Gasteiger partial charge is 0.00682 e. The van der Waals surface area contributed by atoms with E-state index in [1.165, 1.54) is 25.8 Å². The van der Waals surface area contributed by atoms with Crippen molar-refractivity contribution in [2.45, 2.75) is 51.0 Å². The molecule has 3 aliphatic rings. The molecule has 3 fully saturated rings. The lowest BCUT2D eigenvalue weighted by Gasteiger charge is -2.21. The third-order valence-corrected chi connectivity index (χ3v) is 4.41. The lowest BCUT2D eigenvalue weighted by Crippen LogP contribution is -2.22. The second-order valence-electron chi connectivity index (χ2n) is 5.45. The zero-order valence-electron chi connectivity index (χ0n) is 8.47. The highest BCUT2D eigenvalue weighted by Gasteiger charge is 2.38. The van der Waals surface area contributed by atoms with Crippen LogP contribution in [0.25, 0.3) is 0 Å². The van der Waals surface area contributed by atoms with Gasteiger partial charge in [0.15, 0.2) is 0 Å². The van der Waals surface area contributed by atoms with Crippen molar-refractivity contribution in [3.8, 4) is 0 Å². The maximum Gasteiger partial charge on any atom is 0.00682 e. The summed E-state index contributed by atoms with van der Waals surface area (Å²) in [6.07, 6.45) is 10.6. The molecule has 3 atom stereocenters. The molecule has 3 aliphatic carbocycles. The Hall–Kier alpha value is -0.0400. The molecule has 1 heteroatoms. The fourth-order valence-corrected chi connectivity index (χ4v) is 3.49. The van der Waals surface area contributed by atoms with E-state index in [4.69, 9.17) is 0 Å². The molecule has 74 valence electrons. The van der Waals surface area contributed by atoms with Gasteiger partial charge in [0.2, 0.25) is 0 Å². The number of fused-ring (bicyclic) bond motifs is 2. The van der Waals surface area contributed by atoms with Crippen molar-refractivity contribution in [2.75, 3.05) is 6.54 Å². The Balaban J connectivity index is 1.40. The second kappa shape index (κ2) is 3.27. The van der Waals surface area contributed by atoms with Crippen molar-refractivity contribution in [3.63, 3.8) is 0 Å². The number of hydrogen-bond donors (Lipinski definition) is 1. The molecular formula is C12H21N. The molecule has 1 nitrogen and oxygen atoms in total. The zero-order chi connectivity index (χ0) is 8.67. The molecule has 13 heavy (non-hydrogen) atoms. The molecule has 0 radical (unpaired) electrons. The van der Waals surface area contributed by atoms with E-state index in [0.29, 0.717) is 0 Å². The molecule has 0 aromatic carbocycles. The Labute approximate surface area is 81.3 Å². The van der Waals surface area contributed by atoms with Crippen LogP contribution >= 0.6 is 0 Å². The Morgan fingerprint density at radius 2 is 1.92 bits per heavy atom. The minimum atomic E-state index is 0.915. The second-order valence-corrected chi connectivity index (χ2v) is 5.45. The van der Waals surface area contributed by atoms with E-state index in [9.17, 15) is 0 Å². The average molecular weight is 179 g/mol. The predicted molar refractivity (Wildman–Crippen MR) is 54.6 cm³/mol. The maximum absolute atomic E-state index is 3.64. The van der Waals surface area contributed by atoms with E-state index < -0.39 is 0 Å². The topological polar surface area (TPSA) is 12.0 Å². The molecule has 0 aromatic heterocycles. The fraction of sp³-hybridized carbons (Fsp3) is 1.00. The Kier molecular flexibility index (Phi) is 2.08. The monoisotopic (exact) mass is 179 g/mol. The van der Waals surface area contributed by atoms with Gasteiger partial charge < -0.3 is 5.32 Å². The summed E-state index contributed by atoms with van der Waals surface area (Å²) in [5, 5.41) is 3.64. The Bertz CT molecular complexity index is 186. The minimum absolute atomic E-state index is 0.915. The predicted octanol–water partition coefficient (Wildman–Crippen LogP) is 2.56. The number of nitrogens with one attached hydrogen (secondary N) is 1. The van der Waals surface area contributed by atoms with E-state index >= 15 is 0 Å². The van der Waals surface area contributed by atoms with Crippen LogP contribution < -0.4 is 5.32 Å². The molecule has 0 spiro atoms. The van der Waals surface area contributed by atoms with E-state index in [1.54, 1.807) is 25.7 Å². The van der Waals surface area contributed by atoms with Gasteiger partial charge in [-0.25, -0.2) is 0 Å². The molecule has 0 aromatic rings. The van der Waals surface area contributed by atoms with Crippen molar-refractivity contribution in [2.24, 2.45) is 17.8 Å². The summed E-state index contributed by atoms with van der Waals surface area (Å²) in [7, 11) is 0. The first-order valence-corrected chi connectivity index (χ1v) is 6.15. The van der Waals surface area contributed by atoms with Gasteiger partial charge in [-0.15, -0.1) is 0 Å². The molecular weight excluding hydrogens is 158 g/mol. The third kappa shape index (κ3) is 1.76. The van der Waals surface area contributed by atoms with Crippen LogP contribution in [0.1, 0.15) is 44.9 Å². The SMILES string of the molecule is C(C[C@H]1C[C@H]2CC[C@H]1C2)NC1CC1. The summed E-state index contributed by atoms with van der Waals surface area (Å²) < 4.78 is 0. The van der Waals surface area contributed by atoms with Crippen LogP contribution in [0, 0.1) is 17.8 Å². The minimum Gasteiger partial charge on any atom is -0.314 e. The van der Waals surface area contributed by atoms with E-state index in [-0.39, 0.29) is 0 Å². The van der Waals surface area contributed by atoms with Gasteiger partial charge in [-0.05, 0) is 62.8 Å². The third-order valence-electron chi connectivity index (χ3n) is 4.41. The van der Waals surface area contributed by atoms with Gasteiger partial charge in [0.25, 0.3) is 0 Å². The van der Waals surface area contributed by atoms with Crippen molar-refractivity contribution in [3.05, 3.63) is 0 Å². The van der Waals surface area contributed by atoms with E-state index in [2.05, 4.69) is 5.32 Å². The molecule has 0 heterocycles. The maximum atomic E-state index is 3.64. The van der Waals surface area contributed by atoms with Gasteiger partial charge in [-0.3, -0.25) is 0 Å². The van der Waals surface area contributed by atoms with Crippen molar-refractivity contribution >= 4 is 0 Å². The van der Waals surface area contributed by atoms with Gasteiger partial charge in [0.1, 0.15) is 0 Å². The van der Waals surface area contributed by atoms with E-state index in [1.807, 2.05) is 0 Å². The molecule has 3 saturated carbocycles. The largest absolute Gasteiger partial charge is 0.314 e. The number of rotatable bonds is 4. The molecule has 0 amide bonds. The summed E-state index contributed by atoms with van der Waals surface area (Å²) in [4.78, 5) is 0. The summed E-state index contributed by atoms with van der Waals surface area (Å²) in [5.74, 6) is 3.37. The van der Waals surface area contributed by atoms with Gasteiger partial charge in [0, 0.05) is 6.04 Å². The van der Waals surface area contributed by atoms with Crippen molar-refractivity contribution in [1.29, 1.82) is 0 Å². The van der Waals surface area contributed by atoms with Gasteiger partial charge in [0.05, 0.1) is 0 Å². The van der Waals surface area contributed by atoms with E-state index in [0.717, 1.165) is 23.8 Å². The fourth-order valence-electron chi connectivity index (χ4n) is 3.49. The summed E-state index contributed by atoms with van der Waals surface area (Å²) in [5.41, 5.74) is 0. The molecule has 1 N–H and O–H groups in total. The molecule has 2 bridgehead atoms. The van der Waals surface area contributed by atoms with Crippen LogP contribution in [-0.2, 0) is 0 Å². The normalized spacial score (nSPS) is 42.9. The van der Waals surface area contributed by atoms with Gasteiger partial charge in [-0.2, -0.15) is 0 Å². The first kappa shape index (κ1) is 8.28. The molecule has 0 saturated heterocycles.